The van der Waals surface area contributed by atoms with Crippen molar-refractivity contribution in [2.75, 3.05) is 0 Å². The van der Waals surface area contributed by atoms with Crippen molar-refractivity contribution in [1.82, 2.24) is 4.98 Å². The molecule has 3 rings (SSSR count). The monoisotopic (exact) mass is 405 g/mol. The van der Waals surface area contributed by atoms with Crippen molar-refractivity contribution in [3.05, 3.63) is 52.8 Å². The molecule has 2 aromatic rings. The molecule has 0 bridgehead atoms. The second-order valence-electron chi connectivity index (χ2n) is 8.22. The van der Waals surface area contributed by atoms with Crippen LogP contribution in [-0.2, 0) is 6.42 Å². The van der Waals surface area contributed by atoms with Gasteiger partial charge in [-0.2, -0.15) is 4.39 Å². The van der Waals surface area contributed by atoms with Crippen molar-refractivity contribution >= 4 is 11.6 Å². The first-order chi connectivity index (χ1) is 13.6. The molecule has 0 saturated heterocycles. The first kappa shape index (κ1) is 21.2. The van der Waals surface area contributed by atoms with E-state index in [0.29, 0.717) is 5.56 Å². The fourth-order valence-electron chi connectivity index (χ4n) is 4.36. The second-order valence-corrected chi connectivity index (χ2v) is 8.58. The number of pyridine rings is 1. The van der Waals surface area contributed by atoms with E-state index in [1.807, 2.05) is 12.1 Å². The van der Waals surface area contributed by atoms with E-state index in [-0.39, 0.29) is 5.15 Å². The number of rotatable bonds is 8. The number of halogens is 3. The van der Waals surface area contributed by atoms with E-state index in [2.05, 4.69) is 24.0 Å². The van der Waals surface area contributed by atoms with E-state index in [1.54, 1.807) is 0 Å². The number of aromatic nitrogens is 1. The highest BCUT2D eigenvalue weighted by Crippen LogP contribution is 2.34. The zero-order valence-corrected chi connectivity index (χ0v) is 17.4. The van der Waals surface area contributed by atoms with Crippen molar-refractivity contribution in [1.29, 1.82) is 0 Å². The maximum atomic E-state index is 13.5. The van der Waals surface area contributed by atoms with Gasteiger partial charge >= 0.3 is 0 Å². The maximum Gasteiger partial charge on any atom is 0.250 e. The SMILES string of the molecule is CCCCC[C@H]1CC[C@H](CCc2ccc(-c3cc(F)c(F)nc3Cl)cc2)CC1. The molecule has 1 nitrogen and oxygen atoms in total. The molecule has 1 aliphatic carbocycles. The Morgan fingerprint density at radius 3 is 2.25 bits per heavy atom. The quantitative estimate of drug-likeness (QED) is 0.320. The largest absolute Gasteiger partial charge is 0.250 e. The van der Waals surface area contributed by atoms with Crippen molar-refractivity contribution in [2.45, 2.75) is 71.1 Å². The number of nitrogens with zero attached hydrogens (tertiary/aromatic N) is 1. The van der Waals surface area contributed by atoms with Gasteiger partial charge in [0.25, 0.3) is 0 Å². The maximum absolute atomic E-state index is 13.5. The van der Waals surface area contributed by atoms with Crippen molar-refractivity contribution in [2.24, 2.45) is 11.8 Å². The summed E-state index contributed by atoms with van der Waals surface area (Å²) >= 11 is 5.97. The molecule has 1 aliphatic rings. The molecule has 4 heteroatoms. The molecule has 0 atom stereocenters. The molecule has 0 unspecified atom stereocenters. The number of unbranched alkanes of at least 4 members (excludes halogenated alkanes) is 2. The van der Waals surface area contributed by atoms with Gasteiger partial charge in [-0.3, -0.25) is 0 Å². The average molecular weight is 406 g/mol. The predicted molar refractivity (Wildman–Crippen MR) is 113 cm³/mol. The molecule has 1 saturated carbocycles. The summed E-state index contributed by atoms with van der Waals surface area (Å²) in [6, 6.07) is 9.06. The van der Waals surface area contributed by atoms with E-state index in [0.717, 1.165) is 29.9 Å². The van der Waals surface area contributed by atoms with Crippen LogP contribution in [0.1, 0.15) is 70.3 Å². The first-order valence-corrected chi connectivity index (χ1v) is 11.1. The van der Waals surface area contributed by atoms with Gasteiger partial charge in [0.2, 0.25) is 5.95 Å². The molecule has 152 valence electrons. The number of benzene rings is 1. The Morgan fingerprint density at radius 1 is 0.964 bits per heavy atom. The molecular formula is C24H30ClF2N. The molecule has 0 aliphatic heterocycles. The molecule has 1 heterocycles. The Kier molecular flexibility index (Phi) is 7.84. The van der Waals surface area contributed by atoms with Crippen LogP contribution in [-0.4, -0.2) is 4.98 Å². The Morgan fingerprint density at radius 2 is 1.61 bits per heavy atom. The van der Waals surface area contributed by atoms with Crippen LogP contribution in [0.5, 0.6) is 0 Å². The van der Waals surface area contributed by atoms with Crippen LogP contribution in [0.25, 0.3) is 11.1 Å². The lowest BCUT2D eigenvalue weighted by atomic mass is 9.78. The van der Waals surface area contributed by atoms with Crippen molar-refractivity contribution in [3.8, 4) is 11.1 Å². The third kappa shape index (κ3) is 5.76. The van der Waals surface area contributed by atoms with Gasteiger partial charge < -0.3 is 0 Å². The van der Waals surface area contributed by atoms with Gasteiger partial charge in [-0.15, -0.1) is 0 Å². The summed E-state index contributed by atoms with van der Waals surface area (Å²) in [5.74, 6) is -0.345. The van der Waals surface area contributed by atoms with E-state index < -0.39 is 11.8 Å². The van der Waals surface area contributed by atoms with Crippen LogP contribution in [0, 0.1) is 23.6 Å². The Labute approximate surface area is 172 Å². The Bertz CT molecular complexity index is 752. The van der Waals surface area contributed by atoms with Crippen molar-refractivity contribution in [3.63, 3.8) is 0 Å². The molecule has 1 fully saturated rings. The lowest BCUT2D eigenvalue weighted by Crippen LogP contribution is -2.15. The smallest absolute Gasteiger partial charge is 0.205 e. The van der Waals surface area contributed by atoms with Gasteiger partial charge in [0.05, 0.1) is 0 Å². The zero-order valence-electron chi connectivity index (χ0n) is 16.7. The standard InChI is InChI=1S/C24H30ClF2N/c1-2-3-4-5-17-6-8-18(9-7-17)10-11-19-12-14-20(15-13-19)21-16-22(26)24(27)28-23(21)25/h12-18H,2-11H2,1H3/t17-,18-. The normalized spacial score (nSPS) is 19.7. The second kappa shape index (κ2) is 10.3. The molecule has 0 amide bonds. The van der Waals surface area contributed by atoms with Crippen LogP contribution in [0.2, 0.25) is 5.15 Å². The van der Waals surface area contributed by atoms with Crippen LogP contribution in [0.4, 0.5) is 8.78 Å². The minimum Gasteiger partial charge on any atom is -0.205 e. The summed E-state index contributed by atoms with van der Waals surface area (Å²) in [6.45, 7) is 2.27. The lowest BCUT2D eigenvalue weighted by Gasteiger charge is -2.28. The molecule has 28 heavy (non-hydrogen) atoms. The Balaban J connectivity index is 1.49. The molecule has 1 aromatic carbocycles. The predicted octanol–water partition coefficient (Wildman–Crippen LogP) is 8.00. The van der Waals surface area contributed by atoms with Gasteiger partial charge in [-0.25, -0.2) is 9.37 Å². The molecule has 0 N–H and O–H groups in total. The number of hydrogen-bond acceptors (Lipinski definition) is 1. The van der Waals surface area contributed by atoms with Crippen LogP contribution in [0.15, 0.2) is 30.3 Å². The highest BCUT2D eigenvalue weighted by atomic mass is 35.5. The summed E-state index contributed by atoms with van der Waals surface area (Å²) in [7, 11) is 0. The summed E-state index contributed by atoms with van der Waals surface area (Å²) in [4.78, 5) is 3.42. The molecular weight excluding hydrogens is 376 g/mol. The van der Waals surface area contributed by atoms with E-state index in [4.69, 9.17) is 11.6 Å². The Hall–Kier alpha value is -1.48. The van der Waals surface area contributed by atoms with E-state index >= 15 is 0 Å². The number of hydrogen-bond donors (Lipinski definition) is 0. The molecule has 0 radical (unpaired) electrons. The molecule has 1 aromatic heterocycles. The fraction of sp³-hybridized carbons (Fsp3) is 0.542. The summed E-state index contributed by atoms with van der Waals surface area (Å²) in [6.07, 6.45) is 13.3. The highest BCUT2D eigenvalue weighted by molar-refractivity contribution is 6.32. The van der Waals surface area contributed by atoms with Crippen LogP contribution >= 0.6 is 11.6 Å². The number of aryl methyl sites for hydroxylation is 1. The summed E-state index contributed by atoms with van der Waals surface area (Å²) < 4.78 is 26.6. The minimum absolute atomic E-state index is 0.0117. The van der Waals surface area contributed by atoms with Gasteiger partial charge in [-0.1, -0.05) is 94.2 Å². The summed E-state index contributed by atoms with van der Waals surface area (Å²) in [5.41, 5.74) is 2.46. The van der Waals surface area contributed by atoms with Gasteiger partial charge in [-0.05, 0) is 41.9 Å². The summed E-state index contributed by atoms with van der Waals surface area (Å²) in [5, 5.41) is -0.0117. The third-order valence-electron chi connectivity index (χ3n) is 6.18. The highest BCUT2D eigenvalue weighted by Gasteiger charge is 2.20. The topological polar surface area (TPSA) is 12.9 Å². The van der Waals surface area contributed by atoms with E-state index in [1.165, 1.54) is 63.4 Å². The zero-order chi connectivity index (χ0) is 19.9. The average Bonchev–Trinajstić information content (AvgIpc) is 2.71. The molecule has 0 spiro atoms. The van der Waals surface area contributed by atoms with Crippen LogP contribution < -0.4 is 0 Å². The third-order valence-corrected chi connectivity index (χ3v) is 6.46. The lowest BCUT2D eigenvalue weighted by molar-refractivity contribution is 0.249. The van der Waals surface area contributed by atoms with Gasteiger partial charge in [0.15, 0.2) is 5.82 Å². The first-order valence-electron chi connectivity index (χ1n) is 10.7. The van der Waals surface area contributed by atoms with Gasteiger partial charge in [0.1, 0.15) is 5.15 Å². The minimum atomic E-state index is -1.16. The van der Waals surface area contributed by atoms with Crippen LogP contribution in [0.3, 0.4) is 0 Å². The fourth-order valence-corrected chi connectivity index (χ4v) is 4.60. The van der Waals surface area contributed by atoms with Crippen molar-refractivity contribution < 1.29 is 8.78 Å². The van der Waals surface area contributed by atoms with Gasteiger partial charge in [0, 0.05) is 5.56 Å². The van der Waals surface area contributed by atoms with E-state index in [9.17, 15) is 8.78 Å².